The Morgan fingerprint density at radius 3 is 2.36 bits per heavy atom. The monoisotopic (exact) mass is 335 g/mol. The van der Waals surface area contributed by atoms with Gasteiger partial charge in [0.1, 0.15) is 17.2 Å². The summed E-state index contributed by atoms with van der Waals surface area (Å²) in [6.45, 7) is 0. The first-order valence-corrected chi connectivity index (χ1v) is 7.64. The fourth-order valence-corrected chi connectivity index (χ4v) is 2.38. The number of nitrogens with two attached hydrogens (primary N) is 1. The minimum absolute atomic E-state index is 0.194. The lowest BCUT2D eigenvalue weighted by molar-refractivity contribution is 0.0994. The topological polar surface area (TPSA) is 86.3 Å². The van der Waals surface area contributed by atoms with E-state index >= 15 is 0 Å². The molecule has 0 atom stereocenters. The highest BCUT2D eigenvalue weighted by molar-refractivity contribution is 6.03. The van der Waals surface area contributed by atoms with Crippen LogP contribution in [0.2, 0.25) is 0 Å². The number of primary amides is 1. The van der Waals surface area contributed by atoms with Gasteiger partial charge in [0.15, 0.2) is 0 Å². The van der Waals surface area contributed by atoms with Crippen molar-refractivity contribution in [3.63, 3.8) is 0 Å². The molecular weight excluding hydrogens is 318 g/mol. The fraction of sp³-hybridized carbons (Fsp3) is 0.0526. The van der Waals surface area contributed by atoms with E-state index in [-0.39, 0.29) is 5.91 Å². The van der Waals surface area contributed by atoms with Crippen molar-refractivity contribution in [3.8, 4) is 11.5 Å². The first kappa shape index (κ1) is 16.3. The Hall–Kier alpha value is -3.54. The summed E-state index contributed by atoms with van der Waals surface area (Å²) >= 11 is 0. The number of nitrogens with zero attached hydrogens (tertiary/aromatic N) is 1. The Balaban J connectivity index is 1.72. The van der Waals surface area contributed by atoms with Gasteiger partial charge in [0, 0.05) is 18.9 Å². The molecule has 0 unspecified atom stereocenters. The summed E-state index contributed by atoms with van der Waals surface area (Å²) < 4.78 is 7.45. The summed E-state index contributed by atoms with van der Waals surface area (Å²) in [5.41, 5.74) is 6.85. The first-order valence-electron chi connectivity index (χ1n) is 7.64. The number of ether oxygens (including phenoxy) is 1. The minimum Gasteiger partial charge on any atom is -0.457 e. The Morgan fingerprint density at radius 1 is 1.00 bits per heavy atom. The average molecular weight is 335 g/mol. The second-order valence-corrected chi connectivity index (χ2v) is 5.45. The van der Waals surface area contributed by atoms with Crippen LogP contribution in [0, 0.1) is 0 Å². The molecular formula is C19H17N3O3. The molecule has 25 heavy (non-hydrogen) atoms. The van der Waals surface area contributed by atoms with Crippen LogP contribution < -0.4 is 15.8 Å². The molecule has 0 saturated carbocycles. The van der Waals surface area contributed by atoms with E-state index in [0.29, 0.717) is 28.4 Å². The smallest absolute Gasteiger partial charge is 0.272 e. The van der Waals surface area contributed by atoms with Gasteiger partial charge >= 0.3 is 0 Å². The second-order valence-electron chi connectivity index (χ2n) is 5.45. The Kier molecular flexibility index (Phi) is 4.52. The van der Waals surface area contributed by atoms with Crippen LogP contribution in [0.15, 0.2) is 66.9 Å². The van der Waals surface area contributed by atoms with Crippen LogP contribution in [0.5, 0.6) is 11.5 Å². The van der Waals surface area contributed by atoms with Gasteiger partial charge in [-0.1, -0.05) is 12.1 Å². The summed E-state index contributed by atoms with van der Waals surface area (Å²) in [5.74, 6) is 0.170. The van der Waals surface area contributed by atoms with E-state index in [0.717, 1.165) is 0 Å². The lowest BCUT2D eigenvalue weighted by Crippen LogP contribution is -2.15. The number of aryl methyl sites for hydroxylation is 1. The molecule has 0 saturated heterocycles. The quantitative estimate of drug-likeness (QED) is 0.751. The molecule has 0 bridgehead atoms. The number of carbonyl (C=O) groups excluding carboxylic acids is 2. The van der Waals surface area contributed by atoms with Crippen LogP contribution in [0.1, 0.15) is 20.8 Å². The summed E-state index contributed by atoms with van der Waals surface area (Å²) in [6, 6.07) is 17.2. The highest BCUT2D eigenvalue weighted by Crippen LogP contribution is 2.26. The van der Waals surface area contributed by atoms with Crippen molar-refractivity contribution in [2.45, 2.75) is 0 Å². The number of aromatic nitrogens is 1. The predicted octanol–water partition coefficient (Wildman–Crippen LogP) is 3.17. The number of nitrogens with one attached hydrogen (secondary N) is 1. The van der Waals surface area contributed by atoms with Gasteiger partial charge in [0.25, 0.3) is 11.8 Å². The van der Waals surface area contributed by atoms with Gasteiger partial charge in [0.2, 0.25) is 0 Å². The van der Waals surface area contributed by atoms with Crippen LogP contribution in [0.25, 0.3) is 0 Å². The van der Waals surface area contributed by atoms with Gasteiger partial charge < -0.3 is 20.4 Å². The summed E-state index contributed by atoms with van der Waals surface area (Å²) in [7, 11) is 1.81. The van der Waals surface area contributed by atoms with Crippen molar-refractivity contribution < 1.29 is 14.3 Å². The molecule has 3 rings (SSSR count). The van der Waals surface area contributed by atoms with Crippen LogP contribution in [0.3, 0.4) is 0 Å². The Bertz CT molecular complexity index is 914. The van der Waals surface area contributed by atoms with E-state index in [2.05, 4.69) is 5.32 Å². The number of carbonyl (C=O) groups is 2. The lowest BCUT2D eigenvalue weighted by Gasteiger charge is -2.10. The summed E-state index contributed by atoms with van der Waals surface area (Å²) in [6.07, 6.45) is 1.81. The molecule has 0 spiro atoms. The average Bonchev–Trinajstić information content (AvgIpc) is 3.03. The van der Waals surface area contributed by atoms with Crippen molar-refractivity contribution in [3.05, 3.63) is 78.1 Å². The zero-order chi connectivity index (χ0) is 17.8. The molecule has 6 heteroatoms. The van der Waals surface area contributed by atoms with E-state index in [9.17, 15) is 9.59 Å². The third kappa shape index (κ3) is 3.69. The second kappa shape index (κ2) is 6.92. The fourth-order valence-electron chi connectivity index (χ4n) is 2.38. The highest BCUT2D eigenvalue weighted by Gasteiger charge is 2.11. The molecule has 1 heterocycles. The van der Waals surface area contributed by atoms with E-state index in [1.54, 1.807) is 59.2 Å². The third-order valence-electron chi connectivity index (χ3n) is 3.67. The maximum Gasteiger partial charge on any atom is 0.272 e. The van der Waals surface area contributed by atoms with Crippen molar-refractivity contribution in [1.29, 1.82) is 0 Å². The molecule has 0 fully saturated rings. The minimum atomic E-state index is -0.554. The SMILES string of the molecule is Cn1cccc1C(=O)Nc1ccc(Oc2ccccc2C(N)=O)cc1. The maximum atomic E-state index is 12.2. The lowest BCUT2D eigenvalue weighted by atomic mass is 10.2. The van der Waals surface area contributed by atoms with Gasteiger partial charge in [-0.15, -0.1) is 0 Å². The van der Waals surface area contributed by atoms with E-state index in [1.165, 1.54) is 0 Å². The largest absolute Gasteiger partial charge is 0.457 e. The molecule has 2 amide bonds. The molecule has 0 aliphatic carbocycles. The molecule has 0 aliphatic rings. The van der Waals surface area contributed by atoms with E-state index < -0.39 is 5.91 Å². The van der Waals surface area contributed by atoms with Crippen molar-refractivity contribution in [1.82, 2.24) is 4.57 Å². The van der Waals surface area contributed by atoms with Gasteiger partial charge in [-0.2, -0.15) is 0 Å². The molecule has 3 N–H and O–H groups in total. The van der Waals surface area contributed by atoms with Gasteiger partial charge in [-0.3, -0.25) is 9.59 Å². The Morgan fingerprint density at radius 2 is 1.72 bits per heavy atom. The third-order valence-corrected chi connectivity index (χ3v) is 3.67. The molecule has 6 nitrogen and oxygen atoms in total. The van der Waals surface area contributed by atoms with Crippen LogP contribution in [-0.4, -0.2) is 16.4 Å². The summed E-state index contributed by atoms with van der Waals surface area (Å²) in [4.78, 5) is 23.6. The van der Waals surface area contributed by atoms with Gasteiger partial charge in [0.05, 0.1) is 5.56 Å². The normalized spacial score (nSPS) is 10.3. The Labute approximate surface area is 144 Å². The molecule has 2 aromatic carbocycles. The van der Waals surface area contributed by atoms with Crippen LogP contribution >= 0.6 is 0 Å². The molecule has 3 aromatic rings. The molecule has 1 aromatic heterocycles. The zero-order valence-corrected chi connectivity index (χ0v) is 13.6. The highest BCUT2D eigenvalue weighted by atomic mass is 16.5. The first-order chi connectivity index (χ1) is 12.0. The maximum absolute atomic E-state index is 12.2. The number of para-hydroxylation sites is 1. The van der Waals surface area contributed by atoms with Gasteiger partial charge in [-0.25, -0.2) is 0 Å². The predicted molar refractivity (Wildman–Crippen MR) is 94.8 cm³/mol. The number of rotatable bonds is 5. The molecule has 0 aliphatic heterocycles. The zero-order valence-electron chi connectivity index (χ0n) is 13.6. The van der Waals surface area contributed by atoms with Crippen molar-refractivity contribution in [2.24, 2.45) is 12.8 Å². The van der Waals surface area contributed by atoms with E-state index in [1.807, 2.05) is 19.3 Å². The van der Waals surface area contributed by atoms with Crippen molar-refractivity contribution >= 4 is 17.5 Å². The molecule has 0 radical (unpaired) electrons. The number of hydrogen-bond acceptors (Lipinski definition) is 3. The number of hydrogen-bond donors (Lipinski definition) is 2. The molecule has 126 valence electrons. The number of benzene rings is 2. The number of anilines is 1. The van der Waals surface area contributed by atoms with Crippen LogP contribution in [-0.2, 0) is 7.05 Å². The van der Waals surface area contributed by atoms with E-state index in [4.69, 9.17) is 10.5 Å². The number of amides is 2. The van der Waals surface area contributed by atoms with Crippen LogP contribution in [0.4, 0.5) is 5.69 Å². The van der Waals surface area contributed by atoms with Gasteiger partial charge in [-0.05, 0) is 48.5 Å². The summed E-state index contributed by atoms with van der Waals surface area (Å²) in [5, 5.41) is 2.82. The standard InChI is InChI=1S/C19H17N3O3/c1-22-12-4-6-16(22)19(24)21-13-8-10-14(11-9-13)25-17-7-3-2-5-15(17)18(20)23/h2-12H,1H3,(H2,20,23)(H,21,24). The van der Waals surface area contributed by atoms with Crippen molar-refractivity contribution in [2.75, 3.05) is 5.32 Å².